The van der Waals surface area contributed by atoms with E-state index in [1.54, 1.807) is 23.1 Å². The van der Waals surface area contributed by atoms with Gasteiger partial charge in [0.2, 0.25) is 0 Å². The first kappa shape index (κ1) is 15.9. The Kier molecular flexibility index (Phi) is 3.87. The molecule has 25 heavy (non-hydrogen) atoms. The molecule has 2 aromatic carbocycles. The molecule has 1 spiro atoms. The maximum atomic E-state index is 12.6. The van der Waals surface area contributed by atoms with E-state index in [9.17, 15) is 4.79 Å². The van der Waals surface area contributed by atoms with Crippen LogP contribution >= 0.6 is 11.6 Å². The number of carbonyl (C=O) groups excluding carboxylic acids is 1. The summed E-state index contributed by atoms with van der Waals surface area (Å²) in [5, 5.41) is 12.1. The summed E-state index contributed by atoms with van der Waals surface area (Å²) >= 11 is 6.02. The molecule has 1 fully saturated rings. The summed E-state index contributed by atoms with van der Waals surface area (Å²) in [4.78, 5) is 14.3. The van der Waals surface area contributed by atoms with E-state index in [1.165, 1.54) is 11.1 Å². The third-order valence-electron chi connectivity index (χ3n) is 4.87. The lowest BCUT2D eigenvalue weighted by atomic mass is 9.92. The van der Waals surface area contributed by atoms with Crippen LogP contribution in [0.3, 0.4) is 0 Å². The number of benzene rings is 2. The Morgan fingerprint density at radius 1 is 1.32 bits per heavy atom. The third-order valence-corrected chi connectivity index (χ3v) is 5.18. The molecule has 2 aliphatic rings. The fraction of sp³-hybridized carbons (Fsp3) is 0.263. The van der Waals surface area contributed by atoms with Gasteiger partial charge in [-0.05, 0) is 29.3 Å². The van der Waals surface area contributed by atoms with Gasteiger partial charge in [-0.1, -0.05) is 35.9 Å². The van der Waals surface area contributed by atoms with Gasteiger partial charge in [-0.25, -0.2) is 4.79 Å². The molecule has 2 aromatic rings. The number of halogens is 1. The highest BCUT2D eigenvalue weighted by Crippen LogP contribution is 2.43. The van der Waals surface area contributed by atoms with E-state index in [0.29, 0.717) is 36.0 Å². The number of anilines is 1. The molecule has 5 nitrogen and oxygen atoms in total. The zero-order chi connectivity index (χ0) is 17.4. The number of nitrogens with zero attached hydrogens (tertiary/aromatic N) is 2. The number of likely N-dealkylation sites (tertiary alicyclic amines) is 1. The lowest BCUT2D eigenvalue weighted by Gasteiger charge is -2.25. The predicted octanol–water partition coefficient (Wildman–Crippen LogP) is 3.87. The summed E-state index contributed by atoms with van der Waals surface area (Å²) in [5.41, 5.74) is 2.95. The molecule has 1 atom stereocenters. The van der Waals surface area contributed by atoms with E-state index in [1.807, 2.05) is 18.2 Å². The van der Waals surface area contributed by atoms with Crippen LogP contribution in [-0.4, -0.2) is 24.0 Å². The van der Waals surface area contributed by atoms with Crippen molar-refractivity contribution in [2.45, 2.75) is 18.6 Å². The topological polar surface area (TPSA) is 65.4 Å². The van der Waals surface area contributed by atoms with Crippen molar-refractivity contribution >= 4 is 23.3 Å². The molecule has 0 aromatic heterocycles. The smallest absolute Gasteiger partial charge is 0.321 e. The first-order valence-corrected chi connectivity index (χ1v) is 8.47. The third kappa shape index (κ3) is 2.74. The minimum atomic E-state index is -0.393. The second-order valence-corrected chi connectivity index (χ2v) is 6.76. The van der Waals surface area contributed by atoms with Crippen molar-refractivity contribution in [3.05, 3.63) is 64.2 Å². The number of hydrogen-bond donors (Lipinski definition) is 1. The van der Waals surface area contributed by atoms with Gasteiger partial charge < -0.3 is 15.0 Å². The zero-order valence-electron chi connectivity index (χ0n) is 13.5. The van der Waals surface area contributed by atoms with Gasteiger partial charge in [0.05, 0.1) is 23.7 Å². The van der Waals surface area contributed by atoms with Gasteiger partial charge in [-0.2, -0.15) is 5.26 Å². The summed E-state index contributed by atoms with van der Waals surface area (Å²) in [6.45, 7) is 1.75. The van der Waals surface area contributed by atoms with E-state index in [2.05, 4.69) is 17.4 Å². The summed E-state index contributed by atoms with van der Waals surface area (Å²) in [6, 6.07) is 14.9. The average Bonchev–Trinajstić information content (AvgIpc) is 3.21. The van der Waals surface area contributed by atoms with Crippen LogP contribution in [0.4, 0.5) is 10.5 Å². The summed E-state index contributed by atoms with van der Waals surface area (Å²) in [5.74, 6) is 0. The Morgan fingerprint density at radius 2 is 2.16 bits per heavy atom. The zero-order valence-corrected chi connectivity index (χ0v) is 14.2. The van der Waals surface area contributed by atoms with Gasteiger partial charge in [0, 0.05) is 18.7 Å². The first-order chi connectivity index (χ1) is 12.1. The van der Waals surface area contributed by atoms with Crippen molar-refractivity contribution in [1.29, 1.82) is 5.26 Å². The maximum Gasteiger partial charge on any atom is 0.321 e. The molecule has 1 saturated heterocycles. The Balaban J connectivity index is 1.48. The fourth-order valence-electron chi connectivity index (χ4n) is 3.56. The van der Waals surface area contributed by atoms with Crippen molar-refractivity contribution in [2.75, 3.05) is 18.4 Å². The molecule has 0 aliphatic carbocycles. The van der Waals surface area contributed by atoms with Gasteiger partial charge in [-0.15, -0.1) is 0 Å². The lowest BCUT2D eigenvalue weighted by molar-refractivity contribution is -0.0269. The molecule has 4 rings (SSSR count). The Hall–Kier alpha value is -2.55. The van der Waals surface area contributed by atoms with E-state index in [-0.39, 0.29) is 6.03 Å². The molecular weight excluding hydrogens is 338 g/mol. The summed E-state index contributed by atoms with van der Waals surface area (Å²) < 4.78 is 6.07. The molecule has 0 radical (unpaired) electrons. The standard InChI is InChI=1S/C19H16ClN3O2/c20-17-9-15(6-5-13(17)10-21)22-18(24)23-8-7-19(12-23)16-4-2-1-3-14(16)11-25-19/h1-6,9H,7-8,11-12H2,(H,22,24). The lowest BCUT2D eigenvalue weighted by Crippen LogP contribution is -2.36. The molecular formula is C19H16ClN3O2. The normalized spacial score (nSPS) is 21.2. The summed E-state index contributed by atoms with van der Waals surface area (Å²) in [6.07, 6.45) is 0.783. The monoisotopic (exact) mass is 353 g/mol. The minimum absolute atomic E-state index is 0.189. The van der Waals surface area contributed by atoms with Crippen LogP contribution in [0.1, 0.15) is 23.1 Å². The first-order valence-electron chi connectivity index (χ1n) is 8.09. The van der Waals surface area contributed by atoms with Crippen molar-refractivity contribution in [3.63, 3.8) is 0 Å². The van der Waals surface area contributed by atoms with Crippen LogP contribution in [0.25, 0.3) is 0 Å². The average molecular weight is 354 g/mol. The Labute approximate surface area is 150 Å². The minimum Gasteiger partial charge on any atom is -0.364 e. The van der Waals surface area contributed by atoms with Crippen molar-refractivity contribution in [2.24, 2.45) is 0 Å². The van der Waals surface area contributed by atoms with E-state index >= 15 is 0 Å². The van der Waals surface area contributed by atoms with Crippen molar-refractivity contribution < 1.29 is 9.53 Å². The molecule has 1 N–H and O–H groups in total. The molecule has 1 unspecified atom stereocenters. The molecule has 0 bridgehead atoms. The quantitative estimate of drug-likeness (QED) is 0.846. The fourth-order valence-corrected chi connectivity index (χ4v) is 3.79. The number of rotatable bonds is 1. The van der Waals surface area contributed by atoms with Crippen LogP contribution in [0, 0.1) is 11.3 Å². The molecule has 126 valence electrons. The molecule has 6 heteroatoms. The van der Waals surface area contributed by atoms with E-state index in [0.717, 1.165) is 6.42 Å². The van der Waals surface area contributed by atoms with E-state index in [4.69, 9.17) is 21.6 Å². The second-order valence-electron chi connectivity index (χ2n) is 6.35. The number of urea groups is 1. The Morgan fingerprint density at radius 3 is 2.96 bits per heavy atom. The highest BCUT2D eigenvalue weighted by molar-refractivity contribution is 6.32. The van der Waals surface area contributed by atoms with Crippen LogP contribution in [-0.2, 0) is 16.9 Å². The highest BCUT2D eigenvalue weighted by atomic mass is 35.5. The summed E-state index contributed by atoms with van der Waals surface area (Å²) in [7, 11) is 0. The number of carbonyl (C=O) groups is 1. The van der Waals surface area contributed by atoms with Crippen LogP contribution in [0.15, 0.2) is 42.5 Å². The van der Waals surface area contributed by atoms with Crippen molar-refractivity contribution in [3.8, 4) is 6.07 Å². The van der Waals surface area contributed by atoms with Gasteiger partial charge >= 0.3 is 6.03 Å². The second kappa shape index (κ2) is 6.07. The van der Waals surface area contributed by atoms with Crippen LogP contribution in [0.2, 0.25) is 5.02 Å². The maximum absolute atomic E-state index is 12.6. The highest BCUT2D eigenvalue weighted by Gasteiger charge is 2.46. The number of fused-ring (bicyclic) bond motifs is 2. The van der Waals surface area contributed by atoms with Crippen LogP contribution < -0.4 is 5.32 Å². The van der Waals surface area contributed by atoms with Gasteiger partial charge in [0.15, 0.2) is 0 Å². The Bertz CT molecular complexity index is 892. The SMILES string of the molecule is N#Cc1ccc(NC(=O)N2CCC3(C2)OCc2ccccc23)cc1Cl. The van der Waals surface area contributed by atoms with Crippen LogP contribution in [0.5, 0.6) is 0 Å². The largest absolute Gasteiger partial charge is 0.364 e. The van der Waals surface area contributed by atoms with Gasteiger partial charge in [-0.3, -0.25) is 0 Å². The predicted molar refractivity (Wildman–Crippen MR) is 94.3 cm³/mol. The van der Waals surface area contributed by atoms with Gasteiger partial charge in [0.1, 0.15) is 11.7 Å². The molecule has 2 aliphatic heterocycles. The van der Waals surface area contributed by atoms with Gasteiger partial charge in [0.25, 0.3) is 0 Å². The number of hydrogen-bond acceptors (Lipinski definition) is 3. The van der Waals surface area contributed by atoms with Crippen molar-refractivity contribution in [1.82, 2.24) is 4.90 Å². The number of nitriles is 1. The number of ether oxygens (including phenoxy) is 1. The number of amides is 2. The molecule has 0 saturated carbocycles. The molecule has 2 amide bonds. The number of nitrogens with one attached hydrogen (secondary N) is 1. The molecule has 2 heterocycles. The van der Waals surface area contributed by atoms with E-state index < -0.39 is 5.60 Å².